The molecule has 1 rings (SSSR count). The number of hydrogen-bond acceptors (Lipinski definition) is 4. The number of nitrogen functional groups attached to an aromatic ring is 1. The lowest BCUT2D eigenvalue weighted by molar-refractivity contribution is 0.582. The lowest BCUT2D eigenvalue weighted by Gasteiger charge is -2.23. The van der Waals surface area contributed by atoms with E-state index in [2.05, 4.69) is 36.4 Å². The quantitative estimate of drug-likeness (QED) is 0.555. The average Bonchev–Trinajstić information content (AvgIpc) is 2.07. The van der Waals surface area contributed by atoms with Crippen molar-refractivity contribution in [2.45, 2.75) is 33.1 Å². The third-order valence-electron chi connectivity index (χ3n) is 2.05. The molecule has 0 aliphatic heterocycles. The van der Waals surface area contributed by atoms with Crippen molar-refractivity contribution in [3.05, 3.63) is 16.3 Å². The van der Waals surface area contributed by atoms with Crippen molar-refractivity contribution < 1.29 is 0 Å². The van der Waals surface area contributed by atoms with Crippen LogP contribution in [0.25, 0.3) is 0 Å². The molecule has 1 aromatic heterocycles. The van der Waals surface area contributed by atoms with Crippen molar-refractivity contribution >= 4 is 17.4 Å². The largest absolute Gasteiger partial charge is 0.307 e. The Morgan fingerprint density at radius 2 is 1.86 bits per heavy atom. The lowest BCUT2D eigenvalue weighted by Crippen LogP contribution is -2.21. The van der Waals surface area contributed by atoms with Gasteiger partial charge in [0.2, 0.25) is 0 Å². The van der Waals surface area contributed by atoms with Crippen molar-refractivity contribution in [3.63, 3.8) is 0 Å². The van der Waals surface area contributed by atoms with Crippen LogP contribution < -0.4 is 11.3 Å². The van der Waals surface area contributed by atoms with Crippen LogP contribution >= 0.6 is 11.6 Å². The van der Waals surface area contributed by atoms with Crippen molar-refractivity contribution in [1.82, 2.24) is 10.2 Å². The van der Waals surface area contributed by atoms with Crippen LogP contribution in [0.1, 0.15) is 31.9 Å². The molecule has 0 unspecified atom stereocenters. The molecule has 0 aromatic carbocycles. The molecular weight excluding hydrogens is 200 g/mol. The molecule has 0 saturated heterocycles. The number of hydrogen-bond donors (Lipinski definition) is 2. The summed E-state index contributed by atoms with van der Waals surface area (Å²) in [5.41, 5.74) is 4.39. The first-order valence-electron chi connectivity index (χ1n) is 4.37. The molecule has 0 bridgehead atoms. The van der Waals surface area contributed by atoms with Gasteiger partial charge in [-0.05, 0) is 17.9 Å². The summed E-state index contributed by atoms with van der Waals surface area (Å²) in [5, 5.41) is 8.13. The SMILES string of the molecule is Cc1c(Cl)nnc(NN)c1C(C)(C)C. The van der Waals surface area contributed by atoms with Crippen LogP contribution in [0.3, 0.4) is 0 Å². The normalized spacial score (nSPS) is 11.6. The maximum Gasteiger partial charge on any atom is 0.166 e. The molecule has 14 heavy (non-hydrogen) atoms. The summed E-state index contributed by atoms with van der Waals surface area (Å²) >= 11 is 5.91. The summed E-state index contributed by atoms with van der Waals surface area (Å²) in [6, 6.07) is 0. The number of halogens is 1. The van der Waals surface area contributed by atoms with E-state index in [-0.39, 0.29) is 5.41 Å². The van der Waals surface area contributed by atoms with Gasteiger partial charge in [-0.2, -0.15) is 0 Å². The van der Waals surface area contributed by atoms with Crippen LogP contribution in [0.4, 0.5) is 5.82 Å². The Morgan fingerprint density at radius 1 is 1.29 bits per heavy atom. The third-order valence-corrected chi connectivity index (χ3v) is 2.40. The smallest absolute Gasteiger partial charge is 0.166 e. The molecule has 4 nitrogen and oxygen atoms in total. The zero-order chi connectivity index (χ0) is 10.9. The van der Waals surface area contributed by atoms with Crippen LogP contribution in [-0.2, 0) is 5.41 Å². The van der Waals surface area contributed by atoms with Crippen LogP contribution in [0.2, 0.25) is 5.15 Å². The molecule has 0 amide bonds. The van der Waals surface area contributed by atoms with Crippen molar-refractivity contribution in [2.24, 2.45) is 5.84 Å². The monoisotopic (exact) mass is 214 g/mol. The molecule has 5 heteroatoms. The summed E-state index contributed by atoms with van der Waals surface area (Å²) < 4.78 is 0. The summed E-state index contributed by atoms with van der Waals surface area (Å²) in [6.07, 6.45) is 0. The van der Waals surface area contributed by atoms with Gasteiger partial charge in [-0.3, -0.25) is 0 Å². The van der Waals surface area contributed by atoms with Gasteiger partial charge >= 0.3 is 0 Å². The first-order chi connectivity index (χ1) is 6.38. The average molecular weight is 215 g/mol. The molecule has 0 saturated carbocycles. The van der Waals surface area contributed by atoms with Crippen molar-refractivity contribution in [1.29, 1.82) is 0 Å². The fraction of sp³-hybridized carbons (Fsp3) is 0.556. The molecule has 1 heterocycles. The number of hydrazine groups is 1. The highest BCUT2D eigenvalue weighted by Crippen LogP contribution is 2.32. The summed E-state index contributed by atoms with van der Waals surface area (Å²) in [5.74, 6) is 5.95. The number of anilines is 1. The highest BCUT2D eigenvalue weighted by Gasteiger charge is 2.23. The predicted molar refractivity (Wildman–Crippen MR) is 58.3 cm³/mol. The highest BCUT2D eigenvalue weighted by atomic mass is 35.5. The first kappa shape index (κ1) is 11.2. The number of rotatable bonds is 1. The zero-order valence-corrected chi connectivity index (χ0v) is 9.61. The van der Waals surface area contributed by atoms with Crippen LogP contribution in [-0.4, -0.2) is 10.2 Å². The molecule has 0 fully saturated rings. The third kappa shape index (κ3) is 1.96. The van der Waals surface area contributed by atoms with E-state index in [9.17, 15) is 0 Å². The maximum absolute atomic E-state index is 5.91. The Bertz CT molecular complexity index is 343. The minimum absolute atomic E-state index is 0.0641. The zero-order valence-electron chi connectivity index (χ0n) is 8.85. The van der Waals surface area contributed by atoms with Crippen LogP contribution in [0.15, 0.2) is 0 Å². The van der Waals surface area contributed by atoms with Crippen molar-refractivity contribution in [2.75, 3.05) is 5.43 Å². The second kappa shape index (κ2) is 3.71. The Kier molecular flexibility index (Phi) is 2.97. The molecule has 78 valence electrons. The van der Waals surface area contributed by atoms with E-state index >= 15 is 0 Å². The Hall–Kier alpha value is -0.870. The molecule has 0 aliphatic rings. The van der Waals surface area contributed by atoms with E-state index < -0.39 is 0 Å². The highest BCUT2D eigenvalue weighted by molar-refractivity contribution is 6.30. The van der Waals surface area contributed by atoms with E-state index in [4.69, 9.17) is 17.4 Å². The number of nitrogens with zero attached hydrogens (tertiary/aromatic N) is 2. The number of nitrogens with two attached hydrogens (primary N) is 1. The maximum atomic E-state index is 5.91. The van der Waals surface area contributed by atoms with Gasteiger partial charge in [-0.1, -0.05) is 32.4 Å². The molecule has 3 N–H and O–H groups in total. The lowest BCUT2D eigenvalue weighted by atomic mass is 9.85. The topological polar surface area (TPSA) is 63.8 Å². The van der Waals surface area contributed by atoms with E-state index in [1.165, 1.54) is 0 Å². The summed E-state index contributed by atoms with van der Waals surface area (Å²) in [6.45, 7) is 8.15. The molecule has 0 atom stereocenters. The van der Waals surface area contributed by atoms with E-state index in [1.807, 2.05) is 6.92 Å². The van der Waals surface area contributed by atoms with Gasteiger partial charge in [0.1, 0.15) is 0 Å². The van der Waals surface area contributed by atoms with Crippen LogP contribution in [0.5, 0.6) is 0 Å². The van der Waals surface area contributed by atoms with Gasteiger partial charge in [-0.25, -0.2) is 5.84 Å². The molecule has 0 spiro atoms. The minimum atomic E-state index is -0.0641. The second-order valence-electron chi connectivity index (χ2n) is 4.23. The minimum Gasteiger partial charge on any atom is -0.307 e. The Morgan fingerprint density at radius 3 is 2.29 bits per heavy atom. The number of aromatic nitrogens is 2. The summed E-state index contributed by atoms with van der Waals surface area (Å²) in [4.78, 5) is 0. The standard InChI is InChI=1S/C9H15ClN4/c1-5-6(9(2,3)4)8(12-11)14-13-7(5)10/h11H2,1-4H3,(H,12,14). The fourth-order valence-corrected chi connectivity index (χ4v) is 1.65. The Labute approximate surface area is 88.8 Å². The van der Waals surface area contributed by atoms with E-state index in [0.29, 0.717) is 11.0 Å². The predicted octanol–water partition coefficient (Wildman–Crippen LogP) is 2.02. The van der Waals surface area contributed by atoms with Crippen LogP contribution in [0, 0.1) is 6.92 Å². The van der Waals surface area contributed by atoms with E-state index in [1.54, 1.807) is 0 Å². The van der Waals surface area contributed by atoms with Gasteiger partial charge in [-0.15, -0.1) is 10.2 Å². The Balaban J connectivity index is 3.44. The molecule has 1 aromatic rings. The van der Waals surface area contributed by atoms with Gasteiger partial charge < -0.3 is 5.43 Å². The second-order valence-corrected chi connectivity index (χ2v) is 4.59. The number of nitrogens with one attached hydrogen (secondary N) is 1. The molecule has 0 radical (unpaired) electrons. The van der Waals surface area contributed by atoms with E-state index in [0.717, 1.165) is 11.1 Å². The van der Waals surface area contributed by atoms with Gasteiger partial charge in [0.05, 0.1) is 0 Å². The van der Waals surface area contributed by atoms with Gasteiger partial charge in [0, 0.05) is 5.56 Å². The van der Waals surface area contributed by atoms with Crippen molar-refractivity contribution in [3.8, 4) is 0 Å². The van der Waals surface area contributed by atoms with Gasteiger partial charge in [0.25, 0.3) is 0 Å². The molecular formula is C9H15ClN4. The summed E-state index contributed by atoms with van der Waals surface area (Å²) in [7, 11) is 0. The molecule has 0 aliphatic carbocycles. The fourth-order valence-electron chi connectivity index (χ4n) is 1.52. The first-order valence-corrected chi connectivity index (χ1v) is 4.75. The van der Waals surface area contributed by atoms with Gasteiger partial charge in [0.15, 0.2) is 11.0 Å².